The monoisotopic (exact) mass is 247 g/mol. The lowest BCUT2D eigenvalue weighted by atomic mass is 10.2. The van der Waals surface area contributed by atoms with E-state index >= 15 is 0 Å². The predicted octanol–water partition coefficient (Wildman–Crippen LogP) is 1.64. The normalized spacial score (nSPS) is 11.1. The largest absolute Gasteiger partial charge is 0.871 e. The standard InChI is InChI=1S/C12H8O4S/c13-8(12(15)16)5-6-10-11(14)7-3-1-2-4-9(7)17-10/h1-6,14H,(H,15,16)/p-1/b6-5+. The molecular formula is C12H7O4S-. The topological polar surface area (TPSA) is 77.4 Å². The number of fused-ring (bicyclic) bond motifs is 1. The van der Waals surface area contributed by atoms with Gasteiger partial charge in [0.15, 0.2) is 0 Å². The second-order valence-electron chi connectivity index (χ2n) is 3.29. The van der Waals surface area contributed by atoms with E-state index in [1.54, 1.807) is 18.2 Å². The SMILES string of the molecule is O=C(O)C(=O)/C=C/c1sc2ccccc2c1[O-]. The third-order valence-electron chi connectivity index (χ3n) is 2.17. The molecule has 5 heteroatoms. The zero-order valence-electron chi connectivity index (χ0n) is 8.54. The van der Waals surface area contributed by atoms with Crippen LogP contribution < -0.4 is 5.11 Å². The summed E-state index contributed by atoms with van der Waals surface area (Å²) in [5.41, 5.74) is 0. The van der Waals surface area contributed by atoms with Crippen LogP contribution in [0, 0.1) is 0 Å². The van der Waals surface area contributed by atoms with Crippen molar-refractivity contribution in [2.24, 2.45) is 0 Å². The molecule has 1 aromatic carbocycles. The van der Waals surface area contributed by atoms with Crippen LogP contribution in [0.4, 0.5) is 0 Å². The second-order valence-corrected chi connectivity index (χ2v) is 4.38. The molecule has 0 aliphatic rings. The number of ketones is 1. The van der Waals surface area contributed by atoms with Crippen molar-refractivity contribution in [1.82, 2.24) is 0 Å². The highest BCUT2D eigenvalue weighted by Crippen LogP contribution is 2.35. The summed E-state index contributed by atoms with van der Waals surface area (Å²) in [4.78, 5) is 21.5. The van der Waals surface area contributed by atoms with Crippen molar-refractivity contribution in [3.05, 3.63) is 35.2 Å². The fourth-order valence-corrected chi connectivity index (χ4v) is 2.37. The molecule has 2 rings (SSSR count). The molecule has 0 aliphatic heterocycles. The molecule has 0 amide bonds. The maximum absolute atomic E-state index is 11.8. The number of benzene rings is 1. The first-order valence-electron chi connectivity index (χ1n) is 4.73. The third-order valence-corrected chi connectivity index (χ3v) is 3.29. The molecule has 1 heterocycles. The first-order valence-corrected chi connectivity index (χ1v) is 5.55. The first-order chi connectivity index (χ1) is 8.09. The van der Waals surface area contributed by atoms with Crippen molar-refractivity contribution in [2.45, 2.75) is 0 Å². The molecule has 0 radical (unpaired) electrons. The van der Waals surface area contributed by atoms with E-state index in [1.807, 2.05) is 6.07 Å². The average molecular weight is 247 g/mol. The number of thiophene rings is 1. The molecule has 0 spiro atoms. The minimum absolute atomic E-state index is 0.181. The summed E-state index contributed by atoms with van der Waals surface area (Å²) in [5, 5.41) is 20.8. The fraction of sp³-hybridized carbons (Fsp3) is 0. The summed E-state index contributed by atoms with van der Waals surface area (Å²) >= 11 is 1.23. The molecule has 1 aromatic heterocycles. The van der Waals surface area contributed by atoms with Gasteiger partial charge in [-0.3, -0.25) is 4.79 Å². The van der Waals surface area contributed by atoms with E-state index in [1.165, 1.54) is 17.4 Å². The third kappa shape index (κ3) is 2.19. The Morgan fingerprint density at radius 2 is 2.00 bits per heavy atom. The van der Waals surface area contributed by atoms with E-state index in [9.17, 15) is 14.7 Å². The van der Waals surface area contributed by atoms with E-state index in [0.29, 0.717) is 10.3 Å². The molecule has 0 aliphatic carbocycles. The molecule has 86 valence electrons. The van der Waals surface area contributed by atoms with Crippen molar-refractivity contribution >= 4 is 39.3 Å². The van der Waals surface area contributed by atoms with Crippen LogP contribution in [0.2, 0.25) is 0 Å². The summed E-state index contributed by atoms with van der Waals surface area (Å²) in [5.74, 6) is -2.75. The maximum Gasteiger partial charge on any atom is 0.376 e. The summed E-state index contributed by atoms with van der Waals surface area (Å²) < 4.78 is 0.819. The van der Waals surface area contributed by atoms with Crippen molar-refractivity contribution < 1.29 is 19.8 Å². The summed E-state index contributed by atoms with van der Waals surface area (Å²) in [6.07, 6.45) is 2.15. The van der Waals surface area contributed by atoms with E-state index in [-0.39, 0.29) is 5.75 Å². The summed E-state index contributed by atoms with van der Waals surface area (Å²) in [6, 6.07) is 7.07. The lowest BCUT2D eigenvalue weighted by Crippen LogP contribution is -2.08. The lowest BCUT2D eigenvalue weighted by Gasteiger charge is -2.03. The zero-order chi connectivity index (χ0) is 12.4. The van der Waals surface area contributed by atoms with Gasteiger partial charge >= 0.3 is 5.97 Å². The predicted molar refractivity (Wildman–Crippen MR) is 62.9 cm³/mol. The first kappa shape index (κ1) is 11.3. The van der Waals surface area contributed by atoms with Crippen LogP contribution in [0.3, 0.4) is 0 Å². The molecule has 0 saturated carbocycles. The Bertz CT molecular complexity index is 624. The molecule has 0 bridgehead atoms. The fourth-order valence-electron chi connectivity index (χ4n) is 1.37. The molecule has 1 N–H and O–H groups in total. The molecule has 0 atom stereocenters. The molecular weight excluding hydrogens is 240 g/mol. The molecule has 17 heavy (non-hydrogen) atoms. The number of aliphatic carboxylic acids is 1. The smallest absolute Gasteiger partial charge is 0.376 e. The Hall–Kier alpha value is -2.14. The number of carbonyl (C=O) groups excluding carboxylic acids is 1. The summed E-state index contributed by atoms with van der Waals surface area (Å²) in [7, 11) is 0. The van der Waals surface area contributed by atoms with Gasteiger partial charge in [0, 0.05) is 9.58 Å². The van der Waals surface area contributed by atoms with Gasteiger partial charge < -0.3 is 10.2 Å². The number of carbonyl (C=O) groups is 2. The highest BCUT2D eigenvalue weighted by molar-refractivity contribution is 7.20. The average Bonchev–Trinajstić information content (AvgIpc) is 2.64. The Labute approximate surface area is 100 Å². The number of hydrogen-bond donors (Lipinski definition) is 1. The summed E-state index contributed by atoms with van der Waals surface area (Å²) in [6.45, 7) is 0. The minimum atomic E-state index is -1.53. The Kier molecular flexibility index (Phi) is 2.93. The quantitative estimate of drug-likeness (QED) is 0.660. The Morgan fingerprint density at radius 1 is 1.29 bits per heavy atom. The van der Waals surface area contributed by atoms with Gasteiger partial charge in [0.2, 0.25) is 0 Å². The van der Waals surface area contributed by atoms with Crippen LogP contribution in [0.5, 0.6) is 5.75 Å². The van der Waals surface area contributed by atoms with Crippen molar-refractivity contribution in [1.29, 1.82) is 0 Å². The van der Waals surface area contributed by atoms with Gasteiger partial charge in [-0.15, -0.1) is 11.3 Å². The van der Waals surface area contributed by atoms with Gasteiger partial charge in [0.1, 0.15) is 0 Å². The maximum atomic E-state index is 11.8. The Balaban J connectivity index is 2.40. The van der Waals surface area contributed by atoms with Crippen LogP contribution in [0.1, 0.15) is 4.88 Å². The van der Waals surface area contributed by atoms with Gasteiger partial charge in [-0.1, -0.05) is 23.9 Å². The van der Waals surface area contributed by atoms with Crippen molar-refractivity contribution in [3.8, 4) is 5.75 Å². The van der Waals surface area contributed by atoms with E-state index in [4.69, 9.17) is 5.11 Å². The van der Waals surface area contributed by atoms with Crippen LogP contribution >= 0.6 is 11.3 Å². The zero-order valence-corrected chi connectivity index (χ0v) is 9.36. The second kappa shape index (κ2) is 4.39. The van der Waals surface area contributed by atoms with Crippen LogP contribution in [0.25, 0.3) is 16.2 Å². The lowest BCUT2D eigenvalue weighted by molar-refractivity contribution is -0.265. The minimum Gasteiger partial charge on any atom is -0.871 e. The molecule has 0 fully saturated rings. The van der Waals surface area contributed by atoms with E-state index in [0.717, 1.165) is 10.8 Å². The number of hydrogen-bond acceptors (Lipinski definition) is 4. The van der Waals surface area contributed by atoms with Crippen molar-refractivity contribution in [2.75, 3.05) is 0 Å². The van der Waals surface area contributed by atoms with Gasteiger partial charge in [-0.2, -0.15) is 0 Å². The van der Waals surface area contributed by atoms with Crippen molar-refractivity contribution in [3.63, 3.8) is 0 Å². The molecule has 0 unspecified atom stereocenters. The molecule has 0 saturated heterocycles. The number of carboxylic acids is 1. The van der Waals surface area contributed by atoms with E-state index < -0.39 is 11.8 Å². The van der Waals surface area contributed by atoms with E-state index in [2.05, 4.69) is 0 Å². The van der Waals surface area contributed by atoms with Gasteiger partial charge in [-0.25, -0.2) is 4.79 Å². The van der Waals surface area contributed by atoms with Gasteiger partial charge in [0.05, 0.1) is 0 Å². The molecule has 4 nitrogen and oxygen atoms in total. The van der Waals surface area contributed by atoms with Gasteiger partial charge in [-0.05, 0) is 23.6 Å². The van der Waals surface area contributed by atoms with Crippen LogP contribution in [-0.2, 0) is 9.59 Å². The van der Waals surface area contributed by atoms with Crippen LogP contribution in [-0.4, -0.2) is 16.9 Å². The number of rotatable bonds is 3. The van der Waals surface area contributed by atoms with Gasteiger partial charge in [0.25, 0.3) is 5.78 Å². The number of carboxylic acid groups (broad SMARTS) is 1. The highest BCUT2D eigenvalue weighted by atomic mass is 32.1. The molecule has 2 aromatic rings. The Morgan fingerprint density at radius 3 is 2.65 bits per heavy atom. The highest BCUT2D eigenvalue weighted by Gasteiger charge is 2.07. The van der Waals surface area contributed by atoms with Crippen LogP contribution in [0.15, 0.2) is 30.3 Å².